The van der Waals surface area contributed by atoms with Gasteiger partial charge in [-0.1, -0.05) is 23.7 Å². The third-order valence-electron chi connectivity index (χ3n) is 4.79. The van der Waals surface area contributed by atoms with E-state index in [4.69, 9.17) is 17.3 Å². The predicted molar refractivity (Wildman–Crippen MR) is 92.6 cm³/mol. The van der Waals surface area contributed by atoms with Crippen molar-refractivity contribution in [1.29, 1.82) is 0 Å². The van der Waals surface area contributed by atoms with Crippen LogP contribution in [0.1, 0.15) is 19.3 Å². The summed E-state index contributed by atoms with van der Waals surface area (Å²) in [6.45, 7) is 2.94. The summed E-state index contributed by atoms with van der Waals surface area (Å²) in [5.41, 5.74) is 6.82. The van der Waals surface area contributed by atoms with Crippen LogP contribution in [0.15, 0.2) is 24.3 Å². The highest BCUT2D eigenvalue weighted by molar-refractivity contribution is 6.33. The topological polar surface area (TPSA) is 58.4 Å². The largest absolute Gasteiger partial charge is 0.327 e. The minimum absolute atomic E-state index is 0. The number of carbonyl (C=O) groups is 1. The summed E-state index contributed by atoms with van der Waals surface area (Å²) in [5, 5.41) is 3.45. The molecule has 1 amide bonds. The monoisotopic (exact) mass is 343 g/mol. The maximum Gasteiger partial charge on any atom is 0.225 e. The Balaban J connectivity index is 0.00000176. The Hall–Kier alpha value is -0.810. The van der Waals surface area contributed by atoms with Gasteiger partial charge in [0, 0.05) is 32.1 Å². The Bertz CT molecular complexity index is 526. The Kier molecular flexibility index (Phi) is 6.09. The van der Waals surface area contributed by atoms with Crippen LogP contribution < -0.4 is 11.1 Å². The molecule has 1 aromatic rings. The van der Waals surface area contributed by atoms with Crippen molar-refractivity contribution in [2.75, 3.05) is 25.0 Å². The first-order chi connectivity index (χ1) is 10.1. The van der Waals surface area contributed by atoms with E-state index in [0.29, 0.717) is 29.1 Å². The number of nitrogens with one attached hydrogen (secondary N) is 1. The highest BCUT2D eigenvalue weighted by atomic mass is 35.5. The molecule has 2 aliphatic rings. The number of benzene rings is 1. The van der Waals surface area contributed by atoms with E-state index in [2.05, 4.69) is 10.2 Å². The average molecular weight is 344 g/mol. The summed E-state index contributed by atoms with van der Waals surface area (Å²) in [6, 6.07) is 7.67. The van der Waals surface area contributed by atoms with Crippen molar-refractivity contribution >= 4 is 35.6 Å². The number of rotatable bonds is 4. The molecule has 1 heterocycles. The maximum atomic E-state index is 12.0. The fourth-order valence-electron chi connectivity index (χ4n) is 3.62. The van der Waals surface area contributed by atoms with Crippen LogP contribution in [0.25, 0.3) is 0 Å². The molecule has 3 N–H and O–H groups in total. The first-order valence-corrected chi connectivity index (χ1v) is 8.03. The molecule has 0 bridgehead atoms. The van der Waals surface area contributed by atoms with Crippen molar-refractivity contribution in [2.24, 2.45) is 17.6 Å². The number of hydrogen-bond donors (Lipinski definition) is 2. The van der Waals surface area contributed by atoms with E-state index in [9.17, 15) is 4.79 Å². The van der Waals surface area contributed by atoms with Crippen molar-refractivity contribution in [2.45, 2.75) is 25.3 Å². The molecular weight excluding hydrogens is 321 g/mol. The van der Waals surface area contributed by atoms with Crippen molar-refractivity contribution < 1.29 is 4.79 Å². The van der Waals surface area contributed by atoms with Gasteiger partial charge in [0.05, 0.1) is 10.7 Å². The number of fused-ring (bicyclic) bond motifs is 1. The highest BCUT2D eigenvalue weighted by Gasteiger charge is 2.40. The molecule has 0 radical (unpaired) electrons. The summed E-state index contributed by atoms with van der Waals surface area (Å²) >= 11 is 6.04. The molecule has 4 nitrogen and oxygen atoms in total. The third-order valence-corrected chi connectivity index (χ3v) is 5.12. The second-order valence-corrected chi connectivity index (χ2v) is 6.61. The van der Waals surface area contributed by atoms with Gasteiger partial charge in [0.2, 0.25) is 5.91 Å². The van der Waals surface area contributed by atoms with Gasteiger partial charge in [0.1, 0.15) is 0 Å². The standard InChI is InChI=1S/C16H22ClN3O.ClH/c17-13-3-1-2-4-15(13)19-16(21)7-8-20-9-11-5-6-14(18)12(11)10-20;/h1-4,11-12,14H,5-10,18H2,(H,19,21);1H. The Morgan fingerprint density at radius 1 is 1.32 bits per heavy atom. The molecule has 3 unspecified atom stereocenters. The number of nitrogens with two attached hydrogens (primary N) is 1. The molecule has 0 spiro atoms. The number of likely N-dealkylation sites (tertiary alicyclic amines) is 1. The van der Waals surface area contributed by atoms with Crippen LogP contribution in [0.5, 0.6) is 0 Å². The van der Waals surface area contributed by atoms with E-state index in [0.717, 1.165) is 32.0 Å². The van der Waals surface area contributed by atoms with Gasteiger partial charge in [0.25, 0.3) is 0 Å². The van der Waals surface area contributed by atoms with Gasteiger partial charge in [-0.2, -0.15) is 0 Å². The van der Waals surface area contributed by atoms with E-state index in [-0.39, 0.29) is 18.3 Å². The maximum absolute atomic E-state index is 12.0. The second-order valence-electron chi connectivity index (χ2n) is 6.20. The number of carbonyl (C=O) groups excluding carboxylic acids is 1. The number of para-hydroxylation sites is 1. The van der Waals surface area contributed by atoms with E-state index in [1.54, 1.807) is 6.07 Å². The summed E-state index contributed by atoms with van der Waals surface area (Å²) in [5.74, 6) is 1.40. The Morgan fingerprint density at radius 3 is 2.82 bits per heavy atom. The zero-order valence-corrected chi connectivity index (χ0v) is 14.1. The lowest BCUT2D eigenvalue weighted by molar-refractivity contribution is -0.116. The smallest absolute Gasteiger partial charge is 0.225 e. The molecule has 1 aliphatic heterocycles. The average Bonchev–Trinajstić information content (AvgIpc) is 3.02. The minimum Gasteiger partial charge on any atom is -0.327 e. The molecule has 1 saturated carbocycles. The van der Waals surface area contributed by atoms with Crippen molar-refractivity contribution in [3.8, 4) is 0 Å². The quantitative estimate of drug-likeness (QED) is 0.883. The molecule has 3 rings (SSSR count). The fraction of sp³-hybridized carbons (Fsp3) is 0.562. The molecule has 3 atom stereocenters. The molecule has 2 fully saturated rings. The van der Waals surface area contributed by atoms with Gasteiger partial charge in [-0.15, -0.1) is 12.4 Å². The Morgan fingerprint density at radius 2 is 2.09 bits per heavy atom. The number of halogens is 2. The molecule has 6 heteroatoms. The normalized spacial score (nSPS) is 27.3. The first kappa shape index (κ1) is 17.5. The fourth-order valence-corrected chi connectivity index (χ4v) is 3.80. The molecular formula is C16H23Cl2N3O. The van der Waals surface area contributed by atoms with Gasteiger partial charge in [-0.25, -0.2) is 0 Å². The SMILES string of the molecule is Cl.NC1CCC2CN(CCC(=O)Nc3ccccc3Cl)CC12. The van der Waals surface area contributed by atoms with Crippen molar-refractivity contribution in [1.82, 2.24) is 4.90 Å². The molecule has 22 heavy (non-hydrogen) atoms. The van der Waals surface area contributed by atoms with E-state index in [1.165, 1.54) is 6.42 Å². The summed E-state index contributed by atoms with van der Waals surface area (Å²) in [6.07, 6.45) is 2.91. The van der Waals surface area contributed by atoms with Crippen LogP contribution in [-0.4, -0.2) is 36.5 Å². The summed E-state index contributed by atoms with van der Waals surface area (Å²) in [7, 11) is 0. The van der Waals surface area contributed by atoms with Gasteiger partial charge in [0.15, 0.2) is 0 Å². The zero-order valence-electron chi connectivity index (χ0n) is 12.5. The lowest BCUT2D eigenvalue weighted by Crippen LogP contribution is -2.31. The van der Waals surface area contributed by atoms with Crippen LogP contribution in [-0.2, 0) is 4.79 Å². The van der Waals surface area contributed by atoms with E-state index >= 15 is 0 Å². The van der Waals surface area contributed by atoms with Crippen LogP contribution in [0.4, 0.5) is 5.69 Å². The van der Waals surface area contributed by atoms with Gasteiger partial charge < -0.3 is 16.0 Å². The number of nitrogens with zero attached hydrogens (tertiary/aromatic N) is 1. The minimum atomic E-state index is 0. The van der Waals surface area contributed by atoms with Crippen LogP contribution in [0, 0.1) is 11.8 Å². The molecule has 122 valence electrons. The highest BCUT2D eigenvalue weighted by Crippen LogP contribution is 2.37. The van der Waals surface area contributed by atoms with Gasteiger partial charge in [-0.05, 0) is 36.8 Å². The van der Waals surface area contributed by atoms with E-state index < -0.39 is 0 Å². The third kappa shape index (κ3) is 3.93. The molecule has 0 aromatic heterocycles. The van der Waals surface area contributed by atoms with E-state index in [1.807, 2.05) is 18.2 Å². The lowest BCUT2D eigenvalue weighted by atomic mass is 9.98. The Labute approximate surface area is 142 Å². The predicted octanol–water partition coefficient (Wildman–Crippen LogP) is 2.76. The van der Waals surface area contributed by atoms with Crippen molar-refractivity contribution in [3.05, 3.63) is 29.3 Å². The zero-order chi connectivity index (χ0) is 14.8. The van der Waals surface area contributed by atoms with Crippen LogP contribution in [0.3, 0.4) is 0 Å². The van der Waals surface area contributed by atoms with Crippen LogP contribution >= 0.6 is 24.0 Å². The first-order valence-electron chi connectivity index (χ1n) is 7.66. The molecule has 1 aliphatic carbocycles. The lowest BCUT2D eigenvalue weighted by Gasteiger charge is -2.18. The molecule has 1 saturated heterocycles. The summed E-state index contributed by atoms with van der Waals surface area (Å²) < 4.78 is 0. The van der Waals surface area contributed by atoms with Crippen molar-refractivity contribution in [3.63, 3.8) is 0 Å². The number of amides is 1. The summed E-state index contributed by atoms with van der Waals surface area (Å²) in [4.78, 5) is 14.4. The van der Waals surface area contributed by atoms with Gasteiger partial charge >= 0.3 is 0 Å². The molecule has 1 aromatic carbocycles. The van der Waals surface area contributed by atoms with Gasteiger partial charge in [-0.3, -0.25) is 4.79 Å². The number of anilines is 1. The second kappa shape index (κ2) is 7.64. The van der Waals surface area contributed by atoms with Crippen LogP contribution in [0.2, 0.25) is 5.02 Å². The number of hydrogen-bond acceptors (Lipinski definition) is 3.